The van der Waals surface area contributed by atoms with Crippen molar-refractivity contribution >= 4 is 36.1 Å². The molecule has 1 heterocycles. The molecule has 0 aliphatic carbocycles. The summed E-state index contributed by atoms with van der Waals surface area (Å²) in [6.07, 6.45) is 6.72. The number of hydrogen-bond acceptors (Lipinski definition) is 8. The molecule has 1 fully saturated rings. The van der Waals surface area contributed by atoms with Gasteiger partial charge in [-0.2, -0.15) is 11.8 Å². The van der Waals surface area contributed by atoms with E-state index < -0.39 is 30.0 Å². The van der Waals surface area contributed by atoms with Crippen LogP contribution in [0.25, 0.3) is 0 Å². The summed E-state index contributed by atoms with van der Waals surface area (Å²) < 4.78 is 0. The van der Waals surface area contributed by atoms with Crippen molar-refractivity contribution in [2.45, 2.75) is 56.7 Å². The Kier molecular flexibility index (Phi) is 19.6. The zero-order valence-corrected chi connectivity index (χ0v) is 17.5. The summed E-state index contributed by atoms with van der Waals surface area (Å²) in [5.74, 6) is -1.90. The molecule has 1 rings (SSSR count). The molecular formula is C17H34N4O7S. The maximum Gasteiger partial charge on any atom is 0.326 e. The minimum atomic E-state index is -0.980. The maximum absolute atomic E-state index is 10.4. The molecule has 29 heavy (non-hydrogen) atoms. The Morgan fingerprint density at radius 3 is 2.21 bits per heavy atom. The van der Waals surface area contributed by atoms with Crippen LogP contribution in [0.3, 0.4) is 0 Å². The Labute approximate surface area is 175 Å². The molecule has 11 nitrogen and oxygen atoms in total. The van der Waals surface area contributed by atoms with Gasteiger partial charge >= 0.3 is 17.9 Å². The topological polar surface area (TPSA) is 205 Å². The van der Waals surface area contributed by atoms with Crippen molar-refractivity contribution in [3.63, 3.8) is 0 Å². The van der Waals surface area contributed by atoms with E-state index in [1.54, 1.807) is 11.8 Å². The third kappa shape index (κ3) is 17.9. The van der Waals surface area contributed by atoms with Gasteiger partial charge in [0.2, 0.25) is 6.41 Å². The lowest BCUT2D eigenvalue weighted by Gasteiger charge is -2.08. The van der Waals surface area contributed by atoms with Crippen LogP contribution in [0.2, 0.25) is 0 Å². The SMILES string of the molecule is CSCC[C@H](NC=O)C(=O)O.NCCCC[C@H](N)C(=O)O.O=C(O)[C@@H]1CCCN1. The van der Waals surface area contributed by atoms with E-state index in [0.717, 1.165) is 38.0 Å². The summed E-state index contributed by atoms with van der Waals surface area (Å²) >= 11 is 1.55. The van der Waals surface area contributed by atoms with Crippen molar-refractivity contribution in [2.75, 3.05) is 25.1 Å². The van der Waals surface area contributed by atoms with Crippen LogP contribution in [-0.2, 0) is 19.2 Å². The van der Waals surface area contributed by atoms with Crippen LogP contribution in [0.15, 0.2) is 0 Å². The number of unbranched alkanes of at least 4 members (excludes halogenated alkanes) is 1. The van der Waals surface area contributed by atoms with E-state index in [0.29, 0.717) is 25.8 Å². The molecule has 9 N–H and O–H groups in total. The number of amides is 1. The largest absolute Gasteiger partial charge is 0.480 e. The van der Waals surface area contributed by atoms with Gasteiger partial charge in [-0.05, 0) is 57.2 Å². The Balaban J connectivity index is 0. The lowest BCUT2D eigenvalue weighted by molar-refractivity contribution is -0.140. The normalized spacial score (nSPS) is 16.9. The first-order chi connectivity index (χ1) is 13.7. The number of rotatable bonds is 12. The average molecular weight is 439 g/mol. The molecule has 12 heteroatoms. The molecule has 1 amide bonds. The van der Waals surface area contributed by atoms with Gasteiger partial charge in [0.15, 0.2) is 0 Å². The van der Waals surface area contributed by atoms with Crippen LogP contribution in [0, 0.1) is 0 Å². The molecule has 0 saturated carbocycles. The summed E-state index contributed by atoms with van der Waals surface area (Å²) in [7, 11) is 0. The predicted octanol–water partition coefficient (Wildman–Crippen LogP) is -0.711. The molecule has 0 aromatic rings. The van der Waals surface area contributed by atoms with Crippen LogP contribution < -0.4 is 22.1 Å². The minimum absolute atomic E-state index is 0.269. The lowest BCUT2D eigenvalue weighted by atomic mass is 10.1. The number of carbonyl (C=O) groups excluding carboxylic acids is 1. The zero-order valence-electron chi connectivity index (χ0n) is 16.7. The van der Waals surface area contributed by atoms with Gasteiger partial charge in [-0.1, -0.05) is 6.42 Å². The number of aliphatic carboxylic acids is 3. The minimum Gasteiger partial charge on any atom is -0.480 e. The highest BCUT2D eigenvalue weighted by molar-refractivity contribution is 7.98. The second kappa shape index (κ2) is 19.4. The Morgan fingerprint density at radius 1 is 1.21 bits per heavy atom. The first-order valence-corrected chi connectivity index (χ1v) is 10.7. The number of thioether (sulfide) groups is 1. The molecule has 0 unspecified atom stereocenters. The molecule has 0 aromatic carbocycles. The summed E-state index contributed by atoms with van der Waals surface area (Å²) in [5.41, 5.74) is 10.4. The van der Waals surface area contributed by atoms with Crippen LogP contribution in [0.1, 0.15) is 38.5 Å². The molecule has 1 aliphatic rings. The standard InChI is InChI=1S/C6H14N2O2.C6H11NO3S.C5H9NO2/c7-4-2-1-3-5(8)6(9)10;1-11-3-2-5(6(9)10)7-4-8;7-5(8)4-2-1-3-6-4/h5H,1-4,7-8H2,(H,9,10);4-5H,2-3H2,1H3,(H,7,8)(H,9,10);4,6H,1-3H2,(H,7,8)/t2*5-;4-/m000/s1. The first kappa shape index (κ1) is 29.3. The van der Waals surface area contributed by atoms with Crippen molar-refractivity contribution in [1.82, 2.24) is 10.6 Å². The van der Waals surface area contributed by atoms with Gasteiger partial charge in [-0.15, -0.1) is 0 Å². The predicted molar refractivity (Wildman–Crippen MR) is 111 cm³/mol. The van der Waals surface area contributed by atoms with Crippen LogP contribution >= 0.6 is 11.8 Å². The van der Waals surface area contributed by atoms with Crippen LogP contribution in [0.5, 0.6) is 0 Å². The number of hydrogen-bond donors (Lipinski definition) is 7. The molecule has 1 aliphatic heterocycles. The molecule has 1 saturated heterocycles. The zero-order chi connectivity index (χ0) is 22.7. The quantitative estimate of drug-likeness (QED) is 0.150. The molecule has 0 radical (unpaired) electrons. The monoisotopic (exact) mass is 438 g/mol. The smallest absolute Gasteiger partial charge is 0.326 e. The van der Waals surface area contributed by atoms with E-state index in [9.17, 15) is 19.2 Å². The fourth-order valence-corrected chi connectivity index (χ4v) is 2.59. The Hall–Kier alpha value is -1.89. The maximum atomic E-state index is 10.4. The molecular weight excluding hydrogens is 404 g/mol. The second-order valence-corrected chi connectivity index (χ2v) is 7.16. The van der Waals surface area contributed by atoms with Gasteiger partial charge in [0, 0.05) is 0 Å². The number of carboxylic acids is 3. The summed E-state index contributed by atoms with van der Waals surface area (Å²) in [5, 5.41) is 30.3. The highest BCUT2D eigenvalue weighted by Crippen LogP contribution is 2.03. The van der Waals surface area contributed by atoms with Crippen molar-refractivity contribution in [3.05, 3.63) is 0 Å². The third-order valence-electron chi connectivity index (χ3n) is 3.82. The molecule has 0 bridgehead atoms. The van der Waals surface area contributed by atoms with Gasteiger partial charge in [0.05, 0.1) is 0 Å². The Bertz CT molecular complexity index is 477. The number of carboxylic acid groups (broad SMARTS) is 3. The number of carbonyl (C=O) groups is 4. The van der Waals surface area contributed by atoms with Gasteiger partial charge in [-0.25, -0.2) is 4.79 Å². The number of nitrogens with two attached hydrogens (primary N) is 2. The van der Waals surface area contributed by atoms with E-state index in [-0.39, 0.29) is 6.04 Å². The van der Waals surface area contributed by atoms with Crippen molar-refractivity contribution in [2.24, 2.45) is 11.5 Å². The molecule has 170 valence electrons. The van der Waals surface area contributed by atoms with E-state index in [1.165, 1.54) is 0 Å². The van der Waals surface area contributed by atoms with Crippen molar-refractivity contribution in [1.29, 1.82) is 0 Å². The highest BCUT2D eigenvalue weighted by Gasteiger charge is 2.20. The fourth-order valence-electron chi connectivity index (χ4n) is 2.12. The van der Waals surface area contributed by atoms with Gasteiger partial charge in [-0.3, -0.25) is 14.4 Å². The Morgan fingerprint density at radius 2 is 1.86 bits per heavy atom. The summed E-state index contributed by atoms with van der Waals surface area (Å²) in [4.78, 5) is 40.5. The molecule has 3 atom stereocenters. The van der Waals surface area contributed by atoms with Gasteiger partial charge < -0.3 is 37.4 Å². The van der Waals surface area contributed by atoms with E-state index in [4.69, 9.17) is 26.8 Å². The third-order valence-corrected chi connectivity index (χ3v) is 4.47. The first-order valence-electron chi connectivity index (χ1n) is 9.27. The highest BCUT2D eigenvalue weighted by atomic mass is 32.2. The number of nitrogens with one attached hydrogen (secondary N) is 2. The van der Waals surface area contributed by atoms with Crippen molar-refractivity contribution < 1.29 is 34.5 Å². The lowest BCUT2D eigenvalue weighted by Crippen LogP contribution is -2.36. The average Bonchev–Trinajstić information content (AvgIpc) is 3.21. The molecule has 0 spiro atoms. The van der Waals surface area contributed by atoms with Crippen LogP contribution in [0.4, 0.5) is 0 Å². The van der Waals surface area contributed by atoms with Gasteiger partial charge in [0.25, 0.3) is 0 Å². The van der Waals surface area contributed by atoms with E-state index in [2.05, 4.69) is 10.6 Å². The fraction of sp³-hybridized carbons (Fsp3) is 0.765. The second-order valence-electron chi connectivity index (χ2n) is 6.17. The summed E-state index contributed by atoms with van der Waals surface area (Å²) in [6.45, 7) is 1.46. The van der Waals surface area contributed by atoms with Crippen LogP contribution in [-0.4, -0.2) is 82.9 Å². The van der Waals surface area contributed by atoms with E-state index in [1.807, 2.05) is 6.26 Å². The summed E-state index contributed by atoms with van der Waals surface area (Å²) in [6, 6.07) is -1.72. The van der Waals surface area contributed by atoms with E-state index >= 15 is 0 Å². The van der Waals surface area contributed by atoms with Crippen molar-refractivity contribution in [3.8, 4) is 0 Å². The molecule has 0 aromatic heterocycles. The van der Waals surface area contributed by atoms with Gasteiger partial charge in [0.1, 0.15) is 18.1 Å².